The van der Waals surface area contributed by atoms with Crippen LogP contribution < -0.4 is 10.3 Å². The molecule has 0 spiro atoms. The Kier molecular flexibility index (Phi) is 4.38. The molecule has 0 radical (unpaired) electrons. The summed E-state index contributed by atoms with van der Waals surface area (Å²) in [5.41, 5.74) is 1.44. The number of ether oxygens (including phenoxy) is 1. The van der Waals surface area contributed by atoms with Crippen LogP contribution in [-0.4, -0.2) is 32.7 Å². The maximum atomic E-state index is 13.5. The van der Waals surface area contributed by atoms with E-state index >= 15 is 0 Å². The number of aromatic nitrogens is 2. The second-order valence-electron chi connectivity index (χ2n) is 6.51. The molecule has 142 valence electrons. The summed E-state index contributed by atoms with van der Waals surface area (Å²) in [6.07, 6.45) is 1.54. The molecule has 28 heavy (non-hydrogen) atoms. The van der Waals surface area contributed by atoms with E-state index in [0.717, 1.165) is 10.6 Å². The van der Waals surface area contributed by atoms with Gasteiger partial charge in [-0.25, -0.2) is 9.37 Å². The van der Waals surface area contributed by atoms with Gasteiger partial charge in [-0.3, -0.25) is 18.8 Å². The van der Waals surface area contributed by atoms with E-state index < -0.39 is 11.8 Å². The number of fused-ring (bicyclic) bond motifs is 2. The van der Waals surface area contributed by atoms with Crippen molar-refractivity contribution < 1.29 is 18.7 Å². The van der Waals surface area contributed by atoms with Gasteiger partial charge < -0.3 is 9.64 Å². The number of amides is 1. The number of hydrogen-bond acceptors (Lipinski definition) is 5. The molecule has 0 bridgehead atoms. The fourth-order valence-corrected chi connectivity index (χ4v) is 3.26. The second-order valence-corrected chi connectivity index (χ2v) is 6.51. The van der Waals surface area contributed by atoms with Crippen molar-refractivity contribution in [3.05, 3.63) is 75.6 Å². The zero-order valence-corrected chi connectivity index (χ0v) is 15.0. The predicted octanol–water partition coefficient (Wildman–Crippen LogP) is 1.96. The quantitative estimate of drug-likeness (QED) is 0.501. The number of nitrogens with zero attached hydrogens (tertiary/aromatic N) is 3. The highest BCUT2D eigenvalue weighted by atomic mass is 19.1. The lowest BCUT2D eigenvalue weighted by molar-refractivity contribution is -0.131. The number of hydrogen-bond donors (Lipinski definition) is 0. The second kappa shape index (κ2) is 6.88. The summed E-state index contributed by atoms with van der Waals surface area (Å²) in [6.45, 7) is 1.82. The van der Waals surface area contributed by atoms with Crippen molar-refractivity contribution in [2.75, 3.05) is 6.54 Å². The van der Waals surface area contributed by atoms with Crippen molar-refractivity contribution in [3.63, 3.8) is 0 Å². The lowest BCUT2D eigenvalue weighted by atomic mass is 10.1. The molecule has 1 aliphatic rings. The first-order valence-electron chi connectivity index (χ1n) is 8.70. The topological polar surface area (TPSA) is 81.0 Å². The molecular weight excluding hydrogens is 365 g/mol. The fourth-order valence-electron chi connectivity index (χ4n) is 3.26. The number of esters is 1. The van der Waals surface area contributed by atoms with Crippen LogP contribution in [0.25, 0.3) is 5.65 Å². The normalized spacial score (nSPS) is 13.3. The molecule has 0 aliphatic carbocycles. The Morgan fingerprint density at radius 2 is 1.89 bits per heavy atom. The van der Waals surface area contributed by atoms with Crippen LogP contribution in [0.15, 0.2) is 47.4 Å². The highest BCUT2D eigenvalue weighted by molar-refractivity contribution is 5.94. The number of pyridine rings is 1. The summed E-state index contributed by atoms with van der Waals surface area (Å²) in [7, 11) is 0. The minimum atomic E-state index is -0.534. The first-order valence-corrected chi connectivity index (χ1v) is 8.70. The Bertz CT molecular complexity index is 1150. The summed E-state index contributed by atoms with van der Waals surface area (Å²) >= 11 is 0. The van der Waals surface area contributed by atoms with Gasteiger partial charge in [0.15, 0.2) is 0 Å². The molecule has 0 unspecified atom stereocenters. The minimum absolute atomic E-state index is 0.102. The Hall–Kier alpha value is -3.55. The van der Waals surface area contributed by atoms with Gasteiger partial charge in [0, 0.05) is 31.6 Å². The third kappa shape index (κ3) is 3.24. The number of halogens is 1. The van der Waals surface area contributed by atoms with E-state index in [2.05, 4.69) is 4.98 Å². The minimum Gasteiger partial charge on any atom is -0.427 e. The lowest BCUT2D eigenvalue weighted by Gasteiger charge is -2.28. The average Bonchev–Trinajstić information content (AvgIpc) is 2.68. The third-order valence-electron chi connectivity index (χ3n) is 4.58. The molecular formula is C20H16FN3O4. The van der Waals surface area contributed by atoms with Crippen LogP contribution in [0, 0.1) is 5.82 Å². The Morgan fingerprint density at radius 3 is 2.61 bits per heavy atom. The van der Waals surface area contributed by atoms with E-state index in [0.29, 0.717) is 41.2 Å². The Balaban J connectivity index is 1.62. The van der Waals surface area contributed by atoms with E-state index in [4.69, 9.17) is 4.74 Å². The van der Waals surface area contributed by atoms with E-state index in [1.165, 1.54) is 19.1 Å². The van der Waals surface area contributed by atoms with Crippen LogP contribution >= 0.6 is 0 Å². The van der Waals surface area contributed by atoms with Gasteiger partial charge in [0.05, 0.1) is 17.8 Å². The van der Waals surface area contributed by atoms with Crippen LogP contribution in [0.5, 0.6) is 5.75 Å². The summed E-state index contributed by atoms with van der Waals surface area (Å²) in [5, 5.41) is 0. The maximum absolute atomic E-state index is 13.5. The largest absolute Gasteiger partial charge is 0.427 e. The molecule has 0 N–H and O–H groups in total. The van der Waals surface area contributed by atoms with Gasteiger partial charge in [0.1, 0.15) is 17.2 Å². The molecule has 0 saturated carbocycles. The number of carbonyl (C=O) groups is 2. The standard InChI is InChI=1S/C20H16FN3O4/c1-12(25)28-15-5-2-13(3-6-15)19(26)23-9-8-17-16(11-23)20(27)24-10-14(21)4-7-18(24)22-17/h2-7,10H,8-9,11H2,1H3. The Morgan fingerprint density at radius 1 is 1.14 bits per heavy atom. The molecule has 3 heterocycles. The third-order valence-corrected chi connectivity index (χ3v) is 4.58. The van der Waals surface area contributed by atoms with Crippen LogP contribution in [0.3, 0.4) is 0 Å². The van der Waals surface area contributed by atoms with Crippen LogP contribution in [-0.2, 0) is 17.8 Å². The van der Waals surface area contributed by atoms with Crippen LogP contribution in [0.4, 0.5) is 4.39 Å². The van der Waals surface area contributed by atoms with Crippen molar-refractivity contribution in [2.24, 2.45) is 0 Å². The van der Waals surface area contributed by atoms with Gasteiger partial charge in [-0.2, -0.15) is 0 Å². The van der Waals surface area contributed by atoms with Crippen molar-refractivity contribution in [3.8, 4) is 5.75 Å². The molecule has 2 aromatic heterocycles. The molecule has 0 saturated heterocycles. The van der Waals surface area contributed by atoms with Crippen molar-refractivity contribution in [1.82, 2.24) is 14.3 Å². The highest BCUT2D eigenvalue weighted by Crippen LogP contribution is 2.19. The summed E-state index contributed by atoms with van der Waals surface area (Å²) < 4.78 is 19.6. The van der Waals surface area contributed by atoms with Gasteiger partial charge in [-0.1, -0.05) is 0 Å². The molecule has 1 amide bonds. The van der Waals surface area contributed by atoms with Crippen molar-refractivity contribution >= 4 is 17.5 Å². The summed E-state index contributed by atoms with van der Waals surface area (Å²) in [4.78, 5) is 42.5. The van der Waals surface area contributed by atoms with Gasteiger partial charge >= 0.3 is 5.97 Å². The summed E-state index contributed by atoms with van der Waals surface area (Å²) in [5.74, 6) is -0.871. The lowest BCUT2D eigenvalue weighted by Crippen LogP contribution is -2.40. The molecule has 7 nitrogen and oxygen atoms in total. The number of carbonyl (C=O) groups excluding carboxylic acids is 2. The highest BCUT2D eigenvalue weighted by Gasteiger charge is 2.25. The monoisotopic (exact) mass is 381 g/mol. The van der Waals surface area contributed by atoms with E-state index in [9.17, 15) is 18.8 Å². The van der Waals surface area contributed by atoms with Gasteiger partial charge in [-0.15, -0.1) is 0 Å². The first-order chi connectivity index (χ1) is 13.4. The number of benzene rings is 1. The molecule has 0 fully saturated rings. The average molecular weight is 381 g/mol. The molecule has 1 aliphatic heterocycles. The molecule has 8 heteroatoms. The zero-order chi connectivity index (χ0) is 19.8. The summed E-state index contributed by atoms with van der Waals surface area (Å²) in [6, 6.07) is 8.93. The van der Waals surface area contributed by atoms with E-state index in [1.807, 2.05) is 0 Å². The zero-order valence-electron chi connectivity index (χ0n) is 15.0. The Labute approximate surface area is 159 Å². The molecule has 0 atom stereocenters. The number of rotatable bonds is 2. The van der Waals surface area contributed by atoms with Gasteiger partial charge in [-0.05, 0) is 36.4 Å². The smallest absolute Gasteiger partial charge is 0.308 e. The first kappa shape index (κ1) is 17.8. The van der Waals surface area contributed by atoms with E-state index in [-0.39, 0.29) is 18.0 Å². The fraction of sp³-hybridized carbons (Fsp3) is 0.200. The van der Waals surface area contributed by atoms with Crippen molar-refractivity contribution in [2.45, 2.75) is 19.9 Å². The van der Waals surface area contributed by atoms with Crippen LogP contribution in [0.1, 0.15) is 28.5 Å². The molecule has 3 aromatic rings. The van der Waals surface area contributed by atoms with E-state index in [1.54, 1.807) is 29.2 Å². The van der Waals surface area contributed by atoms with Crippen molar-refractivity contribution in [1.29, 1.82) is 0 Å². The van der Waals surface area contributed by atoms with Crippen LogP contribution in [0.2, 0.25) is 0 Å². The molecule has 4 rings (SSSR count). The van der Waals surface area contributed by atoms with Gasteiger partial charge in [0.2, 0.25) is 0 Å². The molecule has 1 aromatic carbocycles. The predicted molar refractivity (Wildman–Crippen MR) is 97.6 cm³/mol. The van der Waals surface area contributed by atoms with Gasteiger partial charge in [0.25, 0.3) is 11.5 Å². The SMILES string of the molecule is CC(=O)Oc1ccc(C(=O)N2CCc3nc4ccc(F)cn4c(=O)c3C2)cc1. The maximum Gasteiger partial charge on any atom is 0.308 e.